The summed E-state index contributed by atoms with van der Waals surface area (Å²) in [4.78, 5) is 8.25. The second-order valence-electron chi connectivity index (χ2n) is 3.08. The van der Waals surface area contributed by atoms with Crippen molar-refractivity contribution in [1.82, 2.24) is 0 Å². The van der Waals surface area contributed by atoms with Crippen molar-refractivity contribution in [3.63, 3.8) is 0 Å². The van der Waals surface area contributed by atoms with Crippen molar-refractivity contribution in [2.24, 2.45) is 0 Å². The molecule has 6 nitrogen and oxygen atoms in total. The van der Waals surface area contributed by atoms with E-state index in [4.69, 9.17) is 20.4 Å². The van der Waals surface area contributed by atoms with Crippen molar-refractivity contribution in [1.29, 1.82) is 0 Å². The number of hydrogen-bond donors (Lipinski definition) is 1. The lowest BCUT2D eigenvalue weighted by molar-refractivity contribution is -0.884. The zero-order chi connectivity index (χ0) is 10.9. The highest BCUT2D eigenvalue weighted by Crippen LogP contribution is 1.93. The van der Waals surface area contributed by atoms with Gasteiger partial charge in [-0.25, -0.2) is 0 Å². The van der Waals surface area contributed by atoms with Gasteiger partial charge in [0.2, 0.25) is 0 Å². The fourth-order valence-electron chi connectivity index (χ4n) is 0.711. The van der Waals surface area contributed by atoms with Crippen LogP contribution in [-0.4, -0.2) is 48.5 Å². The van der Waals surface area contributed by atoms with Gasteiger partial charge in [-0.2, -0.15) is 0 Å². The molecule has 0 bridgehead atoms. The topological polar surface area (TPSA) is 86.4 Å². The van der Waals surface area contributed by atoms with E-state index in [2.05, 4.69) is 20.7 Å². The van der Waals surface area contributed by atoms with Crippen LogP contribution in [0.1, 0.15) is 0 Å². The number of nitrogens with zero attached hydrogens (tertiary/aromatic N) is 2. The Kier molecular flexibility index (Phi) is 8.31. The second kappa shape index (κ2) is 7.51. The maximum Gasteiger partial charge on any atom is 0.102 e. The van der Waals surface area contributed by atoms with Crippen LogP contribution >= 0.6 is 0 Å². The summed E-state index contributed by atoms with van der Waals surface area (Å²) in [5.41, 5.74) is 0. The van der Waals surface area contributed by atoms with Crippen molar-refractivity contribution in [2.45, 2.75) is 0 Å². The normalized spacial score (nSPS) is 9.77. The van der Waals surface area contributed by atoms with Crippen LogP contribution in [0.3, 0.4) is 0 Å². The first-order valence-corrected chi connectivity index (χ1v) is 3.71. The zero-order valence-corrected chi connectivity index (χ0v) is 7.97. The fraction of sp³-hybridized carbons (Fsp3) is 0.714. The molecule has 6 heteroatoms. The molecule has 0 aliphatic rings. The molecule has 0 saturated carbocycles. The van der Waals surface area contributed by atoms with Gasteiger partial charge >= 0.3 is 0 Å². The monoisotopic (exact) mass is 192 g/mol. The Morgan fingerprint density at radius 2 is 1.92 bits per heavy atom. The van der Waals surface area contributed by atoms with E-state index in [-0.39, 0.29) is 6.61 Å². The van der Waals surface area contributed by atoms with Crippen LogP contribution in [-0.2, 0) is 0 Å². The summed E-state index contributed by atoms with van der Waals surface area (Å²) in [6.07, 6.45) is 1.87. The van der Waals surface area contributed by atoms with Crippen molar-refractivity contribution in [3.05, 3.63) is 28.0 Å². The Hall–Kier alpha value is -1.14. The van der Waals surface area contributed by atoms with Gasteiger partial charge in [0.15, 0.2) is 0 Å². The third kappa shape index (κ3) is 18.1. The molecule has 0 unspecified atom stereocenters. The number of hydrogen-bond acceptors (Lipinski definition) is 4. The highest BCUT2D eigenvalue weighted by Gasteiger charge is 2.09. The number of aliphatic hydroxyl groups is 1. The second-order valence-corrected chi connectivity index (χ2v) is 3.08. The average Bonchev–Trinajstić information content (AvgIpc) is 1.84. The SMILES string of the molecule is C=CC[N+](C)(C)CCO.O=[N+]([O-])[O-]. The summed E-state index contributed by atoms with van der Waals surface area (Å²) < 4.78 is 0.819. The highest BCUT2D eigenvalue weighted by atomic mass is 16.9. The van der Waals surface area contributed by atoms with Gasteiger partial charge in [-0.15, -0.1) is 0 Å². The molecule has 0 spiro atoms. The van der Waals surface area contributed by atoms with Gasteiger partial charge in [0.05, 0.1) is 32.3 Å². The van der Waals surface area contributed by atoms with E-state index in [1.165, 1.54) is 0 Å². The van der Waals surface area contributed by atoms with Crippen LogP contribution in [0.5, 0.6) is 0 Å². The average molecular weight is 192 g/mol. The third-order valence-electron chi connectivity index (χ3n) is 1.33. The van der Waals surface area contributed by atoms with Gasteiger partial charge in [-0.05, 0) is 6.08 Å². The quantitative estimate of drug-likeness (QED) is 0.294. The Bertz CT molecular complexity index is 155. The molecular weight excluding hydrogens is 176 g/mol. The largest absolute Gasteiger partial charge is 0.391 e. The highest BCUT2D eigenvalue weighted by molar-refractivity contribution is 4.64. The summed E-state index contributed by atoms with van der Waals surface area (Å²) in [6.45, 7) is 5.60. The molecule has 0 rings (SSSR count). The van der Waals surface area contributed by atoms with Crippen molar-refractivity contribution in [3.8, 4) is 0 Å². The van der Waals surface area contributed by atoms with Crippen LogP contribution in [0.4, 0.5) is 0 Å². The molecule has 0 aromatic rings. The lowest BCUT2D eigenvalue weighted by Gasteiger charge is -2.26. The summed E-state index contributed by atoms with van der Waals surface area (Å²) in [5.74, 6) is 0. The number of aliphatic hydroxyl groups excluding tert-OH is 1. The smallest absolute Gasteiger partial charge is 0.102 e. The van der Waals surface area contributed by atoms with Gasteiger partial charge in [-0.3, -0.25) is 0 Å². The summed E-state index contributed by atoms with van der Waals surface area (Å²) in [7, 11) is 4.13. The van der Waals surface area contributed by atoms with E-state index >= 15 is 0 Å². The van der Waals surface area contributed by atoms with Gasteiger partial charge in [0.25, 0.3) is 0 Å². The van der Waals surface area contributed by atoms with Gasteiger partial charge in [0.1, 0.15) is 6.54 Å². The lowest BCUT2D eigenvalue weighted by atomic mass is 10.4. The van der Waals surface area contributed by atoms with E-state index in [0.29, 0.717) is 0 Å². The van der Waals surface area contributed by atoms with E-state index in [9.17, 15) is 0 Å². The maximum atomic E-state index is 8.58. The van der Waals surface area contributed by atoms with Gasteiger partial charge in [0, 0.05) is 0 Å². The molecule has 0 atom stereocenters. The first-order chi connectivity index (χ1) is 5.85. The van der Waals surface area contributed by atoms with Crippen LogP contribution in [0, 0.1) is 15.3 Å². The molecule has 0 fully saturated rings. The van der Waals surface area contributed by atoms with Crippen molar-refractivity contribution < 1.29 is 14.7 Å². The fourth-order valence-corrected chi connectivity index (χ4v) is 0.711. The molecule has 0 saturated heterocycles. The minimum atomic E-state index is -1.75. The molecule has 0 radical (unpaired) electrons. The van der Waals surface area contributed by atoms with Gasteiger partial charge < -0.3 is 24.9 Å². The van der Waals surface area contributed by atoms with Crippen molar-refractivity contribution in [2.75, 3.05) is 33.8 Å². The number of rotatable bonds is 4. The molecule has 78 valence electrons. The molecule has 0 aromatic heterocycles. The Morgan fingerprint density at radius 3 is 2.15 bits per heavy atom. The van der Waals surface area contributed by atoms with E-state index in [1.807, 2.05) is 6.08 Å². The van der Waals surface area contributed by atoms with E-state index < -0.39 is 5.09 Å². The first kappa shape index (κ1) is 14.4. The molecule has 0 aliphatic heterocycles. The van der Waals surface area contributed by atoms with Crippen molar-refractivity contribution >= 4 is 0 Å². The van der Waals surface area contributed by atoms with Crippen LogP contribution in [0.2, 0.25) is 0 Å². The molecular formula is C7H16N2O4. The molecule has 0 amide bonds. The standard InChI is InChI=1S/C7H16NO.NO3/c1-4-5-8(2,3)6-7-9;2-1(3)4/h4,9H,1,5-7H2,2-3H3;/q+1;-1. The first-order valence-electron chi connectivity index (χ1n) is 3.71. The predicted octanol–water partition coefficient (Wildman–Crippen LogP) is 0.00200. The lowest BCUT2D eigenvalue weighted by Crippen LogP contribution is -2.41. The van der Waals surface area contributed by atoms with Crippen LogP contribution < -0.4 is 0 Å². The third-order valence-corrected chi connectivity index (χ3v) is 1.33. The summed E-state index contributed by atoms with van der Waals surface area (Å²) in [6, 6.07) is 0. The molecule has 0 aromatic carbocycles. The Labute approximate surface area is 77.4 Å². The number of likely N-dealkylation sites (N-methyl/N-ethyl adjacent to an activating group) is 1. The predicted molar refractivity (Wildman–Crippen MR) is 49.5 cm³/mol. The zero-order valence-electron chi connectivity index (χ0n) is 7.97. The Balaban J connectivity index is 0. The van der Waals surface area contributed by atoms with E-state index in [0.717, 1.165) is 17.6 Å². The molecule has 0 heterocycles. The van der Waals surface area contributed by atoms with E-state index in [1.54, 1.807) is 0 Å². The summed E-state index contributed by atoms with van der Waals surface area (Å²) >= 11 is 0. The number of quaternary nitrogens is 1. The molecule has 13 heavy (non-hydrogen) atoms. The maximum absolute atomic E-state index is 8.58. The molecule has 0 aliphatic carbocycles. The summed E-state index contributed by atoms with van der Waals surface area (Å²) in [5, 5.41) is 23.3. The molecule has 1 N–H and O–H groups in total. The van der Waals surface area contributed by atoms with Crippen LogP contribution in [0.15, 0.2) is 12.7 Å². The Morgan fingerprint density at radius 1 is 1.54 bits per heavy atom. The minimum Gasteiger partial charge on any atom is -0.391 e. The van der Waals surface area contributed by atoms with Gasteiger partial charge in [-0.1, -0.05) is 6.58 Å². The van der Waals surface area contributed by atoms with Crippen LogP contribution in [0.25, 0.3) is 0 Å². The minimum absolute atomic E-state index is 0.251.